The molecule has 0 saturated heterocycles. The molecule has 6 rings (SSSR count). The molecule has 0 N–H and O–H groups in total. The van der Waals surface area contributed by atoms with Crippen LogP contribution in [0.15, 0.2) is 109 Å². The molecule has 3 heteroatoms. The van der Waals surface area contributed by atoms with Crippen LogP contribution in [0.25, 0.3) is 22.3 Å². The summed E-state index contributed by atoms with van der Waals surface area (Å²) in [6.07, 6.45) is 0. The molecule has 2 aliphatic carbocycles. The van der Waals surface area contributed by atoms with Gasteiger partial charge >= 0.3 is 206 Å². The van der Waals surface area contributed by atoms with Gasteiger partial charge in [-0.1, -0.05) is 0 Å². The van der Waals surface area contributed by atoms with Crippen molar-refractivity contribution in [2.75, 3.05) is 0 Å². The summed E-state index contributed by atoms with van der Waals surface area (Å²) in [4.78, 5) is 0. The van der Waals surface area contributed by atoms with Crippen LogP contribution >= 0.6 is 0 Å². The van der Waals surface area contributed by atoms with E-state index in [2.05, 4.69) is 116 Å². The van der Waals surface area contributed by atoms with Crippen LogP contribution in [0.4, 0.5) is 0 Å². The molecule has 2 unspecified atom stereocenters. The van der Waals surface area contributed by atoms with E-state index >= 15 is 0 Å². The van der Waals surface area contributed by atoms with Crippen LogP contribution in [0, 0.1) is 0 Å². The predicted molar refractivity (Wildman–Crippen MR) is 131 cm³/mol. The van der Waals surface area contributed by atoms with Gasteiger partial charge in [-0.3, -0.25) is 0 Å². The average molecular weight is 558 g/mol. The third-order valence-corrected chi connectivity index (χ3v) is 8.39. The van der Waals surface area contributed by atoms with Crippen molar-refractivity contribution in [1.29, 1.82) is 0 Å². The van der Waals surface area contributed by atoms with Crippen molar-refractivity contribution in [1.82, 2.24) is 0 Å². The van der Waals surface area contributed by atoms with Crippen LogP contribution in [0.1, 0.15) is 49.8 Å². The Hall–Kier alpha value is -2.18. The van der Waals surface area contributed by atoms with Crippen molar-refractivity contribution in [3.8, 4) is 0 Å². The van der Waals surface area contributed by atoms with Gasteiger partial charge in [-0.2, -0.15) is 0 Å². The monoisotopic (exact) mass is 555 g/mol. The minimum Gasteiger partial charge on any atom is -1.00 e. The first kappa shape index (κ1) is 24.9. The normalized spacial score (nSPS) is 18.2. The molecule has 2 aliphatic rings. The van der Waals surface area contributed by atoms with E-state index in [4.69, 9.17) is 0 Å². The molecular weight excluding hydrogens is 534 g/mol. The van der Waals surface area contributed by atoms with Gasteiger partial charge in [0.2, 0.25) is 0 Å². The van der Waals surface area contributed by atoms with Crippen molar-refractivity contribution in [3.05, 3.63) is 143 Å². The molecule has 165 valence electrons. The summed E-state index contributed by atoms with van der Waals surface area (Å²) in [5, 5.41) is 0. The van der Waals surface area contributed by atoms with Gasteiger partial charge < -0.3 is 24.8 Å². The average Bonchev–Trinajstić information content (AvgIpc) is 3.31. The number of hydrogen-bond acceptors (Lipinski definition) is 0. The molecule has 0 radical (unpaired) electrons. The smallest absolute Gasteiger partial charge is 1.00 e. The van der Waals surface area contributed by atoms with E-state index < -0.39 is 0 Å². The number of fused-ring (bicyclic) bond motifs is 2. The van der Waals surface area contributed by atoms with E-state index in [1.165, 1.54) is 80.4 Å². The zero-order valence-electron chi connectivity index (χ0n) is 18.8. The van der Waals surface area contributed by atoms with Crippen LogP contribution in [0.5, 0.6) is 0 Å². The second kappa shape index (κ2) is 10.2. The molecule has 0 aromatic heterocycles. The summed E-state index contributed by atoms with van der Waals surface area (Å²) >= 11 is 1.54. The molecule has 4 aromatic carbocycles. The van der Waals surface area contributed by atoms with Crippen molar-refractivity contribution < 1.29 is 49.5 Å². The number of rotatable bonds is 3. The summed E-state index contributed by atoms with van der Waals surface area (Å²) in [6.45, 7) is 2.37. The number of benzene rings is 4. The fourth-order valence-electron chi connectivity index (χ4n) is 5.52. The van der Waals surface area contributed by atoms with Gasteiger partial charge in [0.15, 0.2) is 0 Å². The Morgan fingerprint density at radius 1 is 0.500 bits per heavy atom. The molecule has 0 heterocycles. The van der Waals surface area contributed by atoms with Gasteiger partial charge in [-0.15, -0.1) is 0 Å². The van der Waals surface area contributed by atoms with Crippen molar-refractivity contribution in [2.24, 2.45) is 0 Å². The summed E-state index contributed by atoms with van der Waals surface area (Å²) < 4.78 is 0.448. The topological polar surface area (TPSA) is 0 Å². The predicted octanol–water partition coefficient (Wildman–Crippen LogP) is 1.94. The molecule has 2 atom stereocenters. The van der Waals surface area contributed by atoms with E-state index in [1.807, 2.05) is 0 Å². The molecule has 0 amide bonds. The summed E-state index contributed by atoms with van der Waals surface area (Å²) in [7, 11) is 0. The Bertz CT molecular complexity index is 1280. The molecule has 0 bridgehead atoms. The Kier molecular flexibility index (Phi) is 7.49. The largest absolute Gasteiger partial charge is 1.00 e. The van der Waals surface area contributed by atoms with Crippen molar-refractivity contribution >= 4 is 22.3 Å². The van der Waals surface area contributed by atoms with Gasteiger partial charge in [-0.25, -0.2) is 0 Å². The first-order valence-electron chi connectivity index (χ1n) is 11.2. The Morgan fingerprint density at radius 2 is 0.912 bits per heavy atom. The van der Waals surface area contributed by atoms with Crippen molar-refractivity contribution in [2.45, 2.75) is 16.5 Å². The van der Waals surface area contributed by atoms with Gasteiger partial charge in [0.1, 0.15) is 0 Å². The van der Waals surface area contributed by atoms with Gasteiger partial charge in [-0.05, 0) is 0 Å². The zero-order chi connectivity index (χ0) is 21.7. The van der Waals surface area contributed by atoms with E-state index in [-0.39, 0.29) is 24.8 Å². The first-order valence-corrected chi connectivity index (χ1v) is 12.7. The molecule has 0 fully saturated rings. The van der Waals surface area contributed by atoms with Crippen LogP contribution in [0.2, 0.25) is 0 Å². The molecule has 0 spiro atoms. The molecule has 0 saturated carbocycles. The SMILES string of the molecule is CC1C(c2ccccc2)=C(C2=C(c3ccccc3)[CH]([Zr+2])c3ccccc32)c2ccccc21.[Cl-].[Cl-]. The van der Waals surface area contributed by atoms with Crippen LogP contribution in [0.3, 0.4) is 0 Å². The van der Waals surface area contributed by atoms with E-state index in [9.17, 15) is 0 Å². The third-order valence-electron chi connectivity index (χ3n) is 6.92. The Labute approximate surface area is 229 Å². The second-order valence-electron chi connectivity index (χ2n) is 8.64. The summed E-state index contributed by atoms with van der Waals surface area (Å²) in [5.41, 5.74) is 14.2. The van der Waals surface area contributed by atoms with Crippen LogP contribution in [-0.4, -0.2) is 0 Å². The fourth-order valence-corrected chi connectivity index (χ4v) is 6.90. The quantitative estimate of drug-likeness (QED) is 0.362. The second-order valence-corrected chi connectivity index (χ2v) is 10.1. The number of hydrogen-bond donors (Lipinski definition) is 0. The summed E-state index contributed by atoms with van der Waals surface area (Å²) in [5.74, 6) is 0.365. The Morgan fingerprint density at radius 3 is 1.50 bits per heavy atom. The van der Waals surface area contributed by atoms with Gasteiger partial charge in [0.25, 0.3) is 0 Å². The standard InChI is InChI=1S/C31H23.2ClH.Zr/c1-21-25-17-10-11-19-27(25)31(29(21)23-14-6-3-7-15-23)30-26-18-9-8-16-24(26)20-28(30)22-12-4-2-5-13-22;;;/h2-21H,1H3;2*1H;/q;;;+2/p-2. The van der Waals surface area contributed by atoms with Crippen LogP contribution < -0.4 is 24.8 Å². The molecule has 0 aliphatic heterocycles. The minimum atomic E-state index is 0. The van der Waals surface area contributed by atoms with Gasteiger partial charge in [0.05, 0.1) is 0 Å². The molecule has 4 aromatic rings. The maximum Gasteiger partial charge on any atom is -1.00 e. The molecule has 0 nitrogen and oxygen atoms in total. The Balaban J connectivity index is 0.00000137. The van der Waals surface area contributed by atoms with Gasteiger partial charge in [0, 0.05) is 0 Å². The fraction of sp³-hybridized carbons (Fsp3) is 0.0968. The maximum atomic E-state index is 2.37. The summed E-state index contributed by atoms with van der Waals surface area (Å²) in [6, 6.07) is 40.1. The van der Waals surface area contributed by atoms with E-state index in [0.29, 0.717) is 9.54 Å². The van der Waals surface area contributed by atoms with Crippen molar-refractivity contribution in [3.63, 3.8) is 0 Å². The van der Waals surface area contributed by atoms with E-state index in [0.717, 1.165) is 0 Å². The maximum absolute atomic E-state index is 2.37. The molecular formula is C31H23Cl2Zr. The molecule has 34 heavy (non-hydrogen) atoms. The number of allylic oxidation sites excluding steroid dienone is 4. The number of halogens is 2. The van der Waals surface area contributed by atoms with Crippen LogP contribution in [-0.2, 0) is 24.7 Å². The third kappa shape index (κ3) is 3.89. The minimum absolute atomic E-state index is 0. The van der Waals surface area contributed by atoms with E-state index in [1.54, 1.807) is 0 Å². The zero-order valence-corrected chi connectivity index (χ0v) is 22.8. The first-order chi connectivity index (χ1) is 15.8.